The van der Waals surface area contributed by atoms with Gasteiger partial charge in [0.25, 0.3) is 0 Å². The number of thioether (sulfide) groups is 1. The molecule has 2 rings (SSSR count). The molecule has 2 heterocycles. The Morgan fingerprint density at radius 3 is 2.89 bits per heavy atom. The number of rotatable bonds is 3. The third-order valence-corrected chi connectivity index (χ3v) is 3.93. The minimum absolute atomic E-state index is 0.438. The summed E-state index contributed by atoms with van der Waals surface area (Å²) in [7, 11) is 4.21. The molecule has 18 heavy (non-hydrogen) atoms. The Labute approximate surface area is 113 Å². The van der Waals surface area contributed by atoms with Crippen LogP contribution in [-0.4, -0.2) is 62.6 Å². The molecule has 0 amide bonds. The van der Waals surface area contributed by atoms with Crippen LogP contribution in [0, 0.1) is 0 Å². The maximum absolute atomic E-state index is 5.66. The lowest BCUT2D eigenvalue weighted by molar-refractivity contribution is 0.103. The molecule has 4 nitrogen and oxygen atoms in total. The number of pyridine rings is 1. The Morgan fingerprint density at radius 1 is 1.44 bits per heavy atom. The van der Waals surface area contributed by atoms with E-state index in [1.165, 1.54) is 5.69 Å². The van der Waals surface area contributed by atoms with E-state index in [4.69, 9.17) is 4.74 Å². The lowest BCUT2D eigenvalue weighted by Gasteiger charge is -2.28. The second-order valence-corrected chi connectivity index (χ2v) is 5.52. The Balaban J connectivity index is 2.09. The van der Waals surface area contributed by atoms with Crippen LogP contribution in [0.5, 0.6) is 0 Å². The molecule has 1 aromatic rings. The van der Waals surface area contributed by atoms with E-state index in [0.717, 1.165) is 31.3 Å². The van der Waals surface area contributed by atoms with Crippen molar-refractivity contribution in [2.75, 3.05) is 51.6 Å². The van der Waals surface area contributed by atoms with Crippen LogP contribution in [0.3, 0.4) is 0 Å². The van der Waals surface area contributed by atoms with Crippen LogP contribution >= 0.6 is 11.8 Å². The van der Waals surface area contributed by atoms with Crippen molar-refractivity contribution in [1.82, 2.24) is 9.88 Å². The zero-order chi connectivity index (χ0) is 13.0. The summed E-state index contributed by atoms with van der Waals surface area (Å²) < 4.78 is 5.66. The van der Waals surface area contributed by atoms with Crippen LogP contribution in [0.2, 0.25) is 0 Å². The monoisotopic (exact) mass is 267 g/mol. The third kappa shape index (κ3) is 3.37. The van der Waals surface area contributed by atoms with E-state index in [1.807, 2.05) is 12.5 Å². The standard InChI is InChI=1S/C13H21N3OS/c1-15(2)12-9-16(6-7-17-10-12)11-4-5-13(18-3)14-8-11/h4-5,8,12H,6-7,9-10H2,1-3H3/t12-/m0/s1. The van der Waals surface area contributed by atoms with E-state index in [0.29, 0.717) is 6.04 Å². The summed E-state index contributed by atoms with van der Waals surface area (Å²) >= 11 is 1.67. The molecular formula is C13H21N3OS. The van der Waals surface area contributed by atoms with Crippen molar-refractivity contribution >= 4 is 17.4 Å². The predicted octanol–water partition coefficient (Wildman–Crippen LogP) is 1.57. The van der Waals surface area contributed by atoms with E-state index in [-0.39, 0.29) is 0 Å². The van der Waals surface area contributed by atoms with Gasteiger partial charge in [-0.15, -0.1) is 11.8 Å². The van der Waals surface area contributed by atoms with Crippen molar-refractivity contribution < 1.29 is 4.74 Å². The van der Waals surface area contributed by atoms with E-state index in [1.54, 1.807) is 11.8 Å². The van der Waals surface area contributed by atoms with Gasteiger partial charge in [0.15, 0.2) is 0 Å². The van der Waals surface area contributed by atoms with Crippen LogP contribution < -0.4 is 4.90 Å². The Morgan fingerprint density at radius 2 is 2.28 bits per heavy atom. The highest BCUT2D eigenvalue weighted by molar-refractivity contribution is 7.98. The van der Waals surface area contributed by atoms with E-state index in [2.05, 4.69) is 41.0 Å². The topological polar surface area (TPSA) is 28.6 Å². The zero-order valence-electron chi connectivity index (χ0n) is 11.3. The lowest BCUT2D eigenvalue weighted by atomic mass is 10.2. The second-order valence-electron chi connectivity index (χ2n) is 4.70. The molecule has 1 aliphatic rings. The van der Waals surface area contributed by atoms with Gasteiger partial charge in [0, 0.05) is 19.1 Å². The fourth-order valence-corrected chi connectivity index (χ4v) is 2.38. The first kappa shape index (κ1) is 13.6. The minimum Gasteiger partial charge on any atom is -0.378 e. The van der Waals surface area contributed by atoms with E-state index < -0.39 is 0 Å². The normalized spacial score (nSPS) is 21.1. The highest BCUT2D eigenvalue weighted by Gasteiger charge is 2.20. The van der Waals surface area contributed by atoms with Crippen LogP contribution in [0.1, 0.15) is 0 Å². The molecule has 0 radical (unpaired) electrons. The smallest absolute Gasteiger partial charge is 0.0958 e. The third-order valence-electron chi connectivity index (χ3n) is 3.27. The molecule has 1 saturated heterocycles. The van der Waals surface area contributed by atoms with Gasteiger partial charge in [0.1, 0.15) is 0 Å². The first-order valence-corrected chi connectivity index (χ1v) is 7.42. The fraction of sp³-hybridized carbons (Fsp3) is 0.615. The zero-order valence-corrected chi connectivity index (χ0v) is 12.1. The number of hydrogen-bond donors (Lipinski definition) is 0. The van der Waals surface area contributed by atoms with Gasteiger partial charge in [0.05, 0.1) is 30.1 Å². The molecule has 1 aromatic heterocycles. The molecule has 100 valence electrons. The fourth-order valence-electron chi connectivity index (χ4n) is 2.02. The summed E-state index contributed by atoms with van der Waals surface area (Å²) in [6.07, 6.45) is 4.01. The molecule has 1 aliphatic heterocycles. The SMILES string of the molecule is CSc1ccc(N2CCOC[C@@H](N(C)C)C2)cn1. The van der Waals surface area contributed by atoms with Gasteiger partial charge in [-0.3, -0.25) is 0 Å². The number of nitrogens with zero attached hydrogens (tertiary/aromatic N) is 3. The van der Waals surface area contributed by atoms with Crippen molar-refractivity contribution in [3.05, 3.63) is 18.3 Å². The van der Waals surface area contributed by atoms with Gasteiger partial charge >= 0.3 is 0 Å². The maximum Gasteiger partial charge on any atom is 0.0958 e. The largest absolute Gasteiger partial charge is 0.378 e. The number of hydrogen-bond acceptors (Lipinski definition) is 5. The van der Waals surface area contributed by atoms with E-state index >= 15 is 0 Å². The van der Waals surface area contributed by atoms with Gasteiger partial charge in [-0.05, 0) is 32.5 Å². The molecule has 0 aliphatic carbocycles. The van der Waals surface area contributed by atoms with Crippen molar-refractivity contribution in [3.63, 3.8) is 0 Å². The van der Waals surface area contributed by atoms with Gasteiger partial charge in [-0.2, -0.15) is 0 Å². The molecular weight excluding hydrogens is 246 g/mol. The molecule has 1 atom stereocenters. The van der Waals surface area contributed by atoms with Gasteiger partial charge in [-0.1, -0.05) is 0 Å². The average Bonchev–Trinajstić information content (AvgIpc) is 2.65. The summed E-state index contributed by atoms with van der Waals surface area (Å²) in [4.78, 5) is 9.02. The summed E-state index contributed by atoms with van der Waals surface area (Å²) in [5.74, 6) is 0. The van der Waals surface area contributed by atoms with E-state index in [9.17, 15) is 0 Å². The summed E-state index contributed by atoms with van der Waals surface area (Å²) in [5.41, 5.74) is 1.19. The molecule has 0 aromatic carbocycles. The number of likely N-dealkylation sites (N-methyl/N-ethyl adjacent to an activating group) is 1. The molecule has 0 N–H and O–H groups in total. The van der Waals surface area contributed by atoms with Crippen molar-refractivity contribution in [3.8, 4) is 0 Å². The Kier molecular flexibility index (Phi) is 4.86. The quantitative estimate of drug-likeness (QED) is 0.775. The summed E-state index contributed by atoms with van der Waals surface area (Å²) in [6, 6.07) is 4.67. The molecule has 5 heteroatoms. The highest BCUT2D eigenvalue weighted by atomic mass is 32.2. The first-order chi connectivity index (χ1) is 8.70. The Hall–Kier alpha value is -0.780. The highest BCUT2D eigenvalue weighted by Crippen LogP contribution is 2.19. The average molecular weight is 267 g/mol. The predicted molar refractivity (Wildman–Crippen MR) is 76.5 cm³/mol. The van der Waals surface area contributed by atoms with Gasteiger partial charge in [0.2, 0.25) is 0 Å². The molecule has 0 spiro atoms. The van der Waals surface area contributed by atoms with Crippen molar-refractivity contribution in [2.45, 2.75) is 11.1 Å². The van der Waals surface area contributed by atoms with Crippen LogP contribution in [0.15, 0.2) is 23.4 Å². The number of anilines is 1. The van der Waals surface area contributed by atoms with Crippen LogP contribution in [0.4, 0.5) is 5.69 Å². The van der Waals surface area contributed by atoms with Crippen LogP contribution in [0.25, 0.3) is 0 Å². The lowest BCUT2D eigenvalue weighted by Crippen LogP contribution is -2.41. The Bertz CT molecular complexity index is 369. The second kappa shape index (κ2) is 6.41. The first-order valence-electron chi connectivity index (χ1n) is 6.20. The maximum atomic E-state index is 5.66. The van der Waals surface area contributed by atoms with Crippen LogP contribution in [-0.2, 0) is 4.74 Å². The minimum atomic E-state index is 0.438. The van der Waals surface area contributed by atoms with Crippen molar-refractivity contribution in [2.24, 2.45) is 0 Å². The number of aromatic nitrogens is 1. The molecule has 0 unspecified atom stereocenters. The van der Waals surface area contributed by atoms with Crippen molar-refractivity contribution in [1.29, 1.82) is 0 Å². The van der Waals surface area contributed by atoms with Gasteiger partial charge < -0.3 is 14.5 Å². The molecule has 1 fully saturated rings. The number of ether oxygens (including phenoxy) is 1. The van der Waals surface area contributed by atoms with Gasteiger partial charge in [-0.25, -0.2) is 4.98 Å². The molecule has 0 bridgehead atoms. The summed E-state index contributed by atoms with van der Waals surface area (Å²) in [6.45, 7) is 3.52. The summed E-state index contributed by atoms with van der Waals surface area (Å²) in [5, 5.41) is 1.06. The molecule has 0 saturated carbocycles.